The fourth-order valence-electron chi connectivity index (χ4n) is 4.43. The van der Waals surface area contributed by atoms with E-state index < -0.39 is 4.87 Å². The van der Waals surface area contributed by atoms with Crippen LogP contribution in [-0.2, 0) is 16.2 Å². The predicted molar refractivity (Wildman–Crippen MR) is 125 cm³/mol. The molecule has 7 heteroatoms. The number of benzene rings is 3. The molecule has 3 aromatic rings. The molecule has 1 fully saturated rings. The van der Waals surface area contributed by atoms with Gasteiger partial charge < -0.3 is 9.80 Å². The summed E-state index contributed by atoms with van der Waals surface area (Å²) in [5.74, 6) is -0.166. The van der Waals surface area contributed by atoms with Crippen LogP contribution in [0.5, 0.6) is 0 Å². The lowest BCUT2D eigenvalue weighted by Gasteiger charge is -2.33. The van der Waals surface area contributed by atoms with E-state index in [1.54, 1.807) is 52.3 Å². The summed E-state index contributed by atoms with van der Waals surface area (Å²) < 4.78 is 14.4. The van der Waals surface area contributed by atoms with Crippen LogP contribution in [0.2, 0.25) is 5.02 Å². The van der Waals surface area contributed by atoms with Gasteiger partial charge in [-0.3, -0.25) is 9.59 Å². The van der Waals surface area contributed by atoms with Crippen molar-refractivity contribution in [2.24, 2.45) is 0 Å². The van der Waals surface area contributed by atoms with Crippen LogP contribution in [0.4, 0.5) is 10.1 Å². The molecule has 5 rings (SSSR count). The van der Waals surface area contributed by atoms with Crippen molar-refractivity contribution >= 4 is 40.9 Å². The van der Waals surface area contributed by atoms with E-state index in [-0.39, 0.29) is 24.2 Å². The molecule has 1 saturated heterocycles. The molecular formula is C25H20ClFN2O2S. The van der Waals surface area contributed by atoms with Crippen molar-refractivity contribution in [2.45, 2.75) is 18.3 Å². The van der Waals surface area contributed by atoms with Crippen LogP contribution in [0.15, 0.2) is 66.7 Å². The Hall–Kier alpha value is -2.83. The van der Waals surface area contributed by atoms with Crippen molar-refractivity contribution in [2.75, 3.05) is 17.2 Å². The quantitative estimate of drug-likeness (QED) is 0.520. The van der Waals surface area contributed by atoms with Crippen molar-refractivity contribution in [1.82, 2.24) is 4.90 Å². The standard InChI is InChI=1S/C25H20ClFN2O2S/c1-16-6-11-22-20(14-16)25(24(31)28(22)15-18-4-2-3-5-21(18)27)29(12-13-32-25)23(30)17-7-9-19(26)10-8-17/h2-11,14H,12-13,15H2,1H3/t25-/m0/s1. The Labute approximate surface area is 195 Å². The van der Waals surface area contributed by atoms with Gasteiger partial charge in [0.2, 0.25) is 0 Å². The molecule has 0 saturated carbocycles. The van der Waals surface area contributed by atoms with Crippen LogP contribution in [0.3, 0.4) is 0 Å². The van der Waals surface area contributed by atoms with Gasteiger partial charge in [-0.05, 0) is 43.3 Å². The number of rotatable bonds is 3. The summed E-state index contributed by atoms with van der Waals surface area (Å²) in [5, 5.41) is 0.543. The molecule has 1 spiro atoms. The first-order valence-corrected chi connectivity index (χ1v) is 11.7. The van der Waals surface area contributed by atoms with Gasteiger partial charge in [-0.25, -0.2) is 4.39 Å². The highest BCUT2D eigenvalue weighted by atomic mass is 35.5. The van der Waals surface area contributed by atoms with Crippen molar-refractivity contribution in [3.63, 3.8) is 0 Å². The second-order valence-corrected chi connectivity index (χ2v) is 9.68. The molecule has 1 atom stereocenters. The number of aryl methyl sites for hydroxylation is 1. The second-order valence-electron chi connectivity index (χ2n) is 7.96. The molecule has 4 nitrogen and oxygen atoms in total. The molecule has 0 bridgehead atoms. The van der Waals surface area contributed by atoms with Crippen molar-refractivity contribution in [3.8, 4) is 0 Å². The summed E-state index contributed by atoms with van der Waals surface area (Å²) in [4.78, 5) is 29.6. The van der Waals surface area contributed by atoms with E-state index in [1.165, 1.54) is 17.8 Å². The van der Waals surface area contributed by atoms with E-state index >= 15 is 0 Å². The van der Waals surface area contributed by atoms with Gasteiger partial charge in [0.25, 0.3) is 11.8 Å². The predicted octanol–water partition coefficient (Wildman–Crippen LogP) is 5.38. The van der Waals surface area contributed by atoms with Crippen LogP contribution >= 0.6 is 23.4 Å². The molecule has 2 amide bonds. The van der Waals surface area contributed by atoms with E-state index in [1.807, 2.05) is 25.1 Å². The lowest BCUT2D eigenvalue weighted by molar-refractivity contribution is -0.123. The minimum Gasteiger partial charge on any atom is -0.311 e. The summed E-state index contributed by atoms with van der Waals surface area (Å²) in [7, 11) is 0. The number of carbonyl (C=O) groups is 2. The zero-order valence-electron chi connectivity index (χ0n) is 17.3. The van der Waals surface area contributed by atoms with Crippen LogP contribution in [0, 0.1) is 12.7 Å². The van der Waals surface area contributed by atoms with E-state index in [4.69, 9.17) is 11.6 Å². The minimum absolute atomic E-state index is 0.104. The Kier molecular flexibility index (Phi) is 5.22. The lowest BCUT2D eigenvalue weighted by Crippen LogP contribution is -2.50. The lowest BCUT2D eigenvalue weighted by atomic mass is 10.0. The van der Waals surface area contributed by atoms with Gasteiger partial charge in [0.1, 0.15) is 5.82 Å². The highest BCUT2D eigenvalue weighted by molar-refractivity contribution is 8.01. The molecule has 0 radical (unpaired) electrons. The number of thioether (sulfide) groups is 1. The van der Waals surface area contributed by atoms with Crippen LogP contribution in [-0.4, -0.2) is 29.0 Å². The van der Waals surface area contributed by atoms with E-state index in [0.717, 1.165) is 11.1 Å². The number of anilines is 1. The average molecular weight is 467 g/mol. The monoisotopic (exact) mass is 466 g/mol. The fraction of sp³-hybridized carbons (Fsp3) is 0.200. The molecule has 3 aromatic carbocycles. The first-order valence-electron chi connectivity index (χ1n) is 10.3. The maximum Gasteiger partial charge on any atom is 0.268 e. The zero-order chi connectivity index (χ0) is 22.5. The number of halogens is 2. The molecule has 0 aliphatic carbocycles. The molecule has 0 unspecified atom stereocenters. The number of carbonyl (C=O) groups excluding carboxylic acids is 2. The summed E-state index contributed by atoms with van der Waals surface area (Å²) in [6.07, 6.45) is 0. The Morgan fingerprint density at radius 1 is 1.12 bits per heavy atom. The Morgan fingerprint density at radius 3 is 2.62 bits per heavy atom. The van der Waals surface area contributed by atoms with Crippen LogP contribution < -0.4 is 4.90 Å². The summed E-state index contributed by atoms with van der Waals surface area (Å²) in [6.45, 7) is 2.51. The first kappa shape index (κ1) is 21.0. The number of hydrogen-bond acceptors (Lipinski definition) is 3. The van der Waals surface area contributed by atoms with Gasteiger partial charge in [0, 0.05) is 34.0 Å². The van der Waals surface area contributed by atoms with Gasteiger partial charge in [-0.2, -0.15) is 0 Å². The second kappa shape index (κ2) is 7.94. The van der Waals surface area contributed by atoms with Crippen molar-refractivity contribution < 1.29 is 14.0 Å². The normalized spacial score (nSPS) is 19.7. The smallest absolute Gasteiger partial charge is 0.268 e. The average Bonchev–Trinajstić information content (AvgIpc) is 3.32. The minimum atomic E-state index is -1.16. The van der Waals surface area contributed by atoms with E-state index in [0.29, 0.717) is 34.1 Å². The first-order chi connectivity index (χ1) is 15.4. The van der Waals surface area contributed by atoms with E-state index in [9.17, 15) is 14.0 Å². The number of fused-ring (bicyclic) bond motifs is 2. The Morgan fingerprint density at radius 2 is 1.88 bits per heavy atom. The van der Waals surface area contributed by atoms with Crippen LogP contribution in [0.25, 0.3) is 0 Å². The molecule has 32 heavy (non-hydrogen) atoms. The summed E-state index contributed by atoms with van der Waals surface area (Å²) in [5.41, 5.74) is 3.40. The highest BCUT2D eigenvalue weighted by Crippen LogP contribution is 2.55. The highest BCUT2D eigenvalue weighted by Gasteiger charge is 2.59. The maximum absolute atomic E-state index is 14.4. The molecule has 0 N–H and O–H groups in total. The van der Waals surface area contributed by atoms with E-state index in [2.05, 4.69) is 0 Å². The number of nitrogens with zero attached hydrogens (tertiary/aromatic N) is 2. The van der Waals surface area contributed by atoms with Crippen molar-refractivity contribution in [1.29, 1.82) is 0 Å². The zero-order valence-corrected chi connectivity index (χ0v) is 18.9. The topological polar surface area (TPSA) is 40.6 Å². The maximum atomic E-state index is 14.4. The summed E-state index contributed by atoms with van der Waals surface area (Å²) in [6, 6.07) is 18.9. The van der Waals surface area contributed by atoms with Gasteiger partial charge in [0.05, 0.1) is 12.2 Å². The largest absolute Gasteiger partial charge is 0.311 e. The molecule has 2 aliphatic heterocycles. The molecule has 2 heterocycles. The van der Waals surface area contributed by atoms with Gasteiger partial charge >= 0.3 is 0 Å². The third-order valence-electron chi connectivity index (χ3n) is 5.97. The molecule has 162 valence electrons. The van der Waals surface area contributed by atoms with Crippen LogP contribution in [0.1, 0.15) is 27.0 Å². The fourth-order valence-corrected chi connectivity index (χ4v) is 6.01. The number of hydrogen-bond donors (Lipinski definition) is 0. The van der Waals surface area contributed by atoms with Gasteiger partial charge in [-0.1, -0.05) is 47.5 Å². The van der Waals surface area contributed by atoms with Gasteiger partial charge in [-0.15, -0.1) is 11.8 Å². The Bertz CT molecular complexity index is 1230. The molecular weight excluding hydrogens is 447 g/mol. The molecule has 2 aliphatic rings. The third kappa shape index (κ3) is 3.21. The van der Waals surface area contributed by atoms with Gasteiger partial charge in [0.15, 0.2) is 4.87 Å². The molecule has 0 aromatic heterocycles. The summed E-state index contributed by atoms with van der Waals surface area (Å²) >= 11 is 7.45. The Balaban J connectivity index is 1.60. The SMILES string of the molecule is Cc1ccc2c(c1)[C@]1(SCCN1C(=O)c1ccc(Cl)cc1)C(=O)N2Cc1ccccc1F. The number of amides is 2. The third-order valence-corrected chi connectivity index (χ3v) is 7.64. The van der Waals surface area contributed by atoms with Crippen molar-refractivity contribution in [3.05, 3.63) is 99.8 Å².